The van der Waals surface area contributed by atoms with Crippen LogP contribution in [0.5, 0.6) is 5.88 Å². The van der Waals surface area contributed by atoms with Crippen molar-refractivity contribution in [2.45, 2.75) is 5.92 Å². The maximum absolute atomic E-state index is 12.6. The number of aromatic nitrogens is 2. The molecule has 0 radical (unpaired) electrons. The van der Waals surface area contributed by atoms with Gasteiger partial charge in [-0.3, -0.25) is 5.32 Å². The first kappa shape index (κ1) is 21.4. The molecule has 0 fully saturated rings. The van der Waals surface area contributed by atoms with Crippen molar-refractivity contribution >= 4 is 17.9 Å². The number of amides is 1. The highest BCUT2D eigenvalue weighted by Crippen LogP contribution is 2.44. The van der Waals surface area contributed by atoms with Gasteiger partial charge in [-0.15, -0.1) is 5.10 Å². The molecule has 2 N–H and O–H groups in total. The molecule has 1 aliphatic rings. The minimum Gasteiger partial charge on any atom is -0.474 e. The van der Waals surface area contributed by atoms with Crippen molar-refractivity contribution in [3.8, 4) is 17.0 Å². The number of hydrogen-bond donors (Lipinski definition) is 2. The van der Waals surface area contributed by atoms with Crippen molar-refractivity contribution in [2.24, 2.45) is 7.05 Å². The Kier molecular flexibility index (Phi) is 6.09. The number of aryl methyl sites for hydroxylation is 1. The van der Waals surface area contributed by atoms with Gasteiger partial charge in [-0.25, -0.2) is 14.3 Å². The van der Waals surface area contributed by atoms with Gasteiger partial charge < -0.3 is 19.3 Å². The Bertz CT molecular complexity index is 1110. The number of nitrogens with zero attached hydrogens (tertiary/aromatic N) is 2. The lowest BCUT2D eigenvalue weighted by molar-refractivity contribution is 0.0595. The van der Waals surface area contributed by atoms with E-state index in [0.29, 0.717) is 0 Å². The largest absolute Gasteiger partial charge is 0.474 e. The Morgan fingerprint density at radius 3 is 2.31 bits per heavy atom. The standard InChI is InChI=1S/C23H23N3O6/c1-26-20(19(22(28)30-2)21(25-26)31-12-11-27)24-23(29)32-13-18-16-9-5-3-7-14(16)15-8-4-6-10-17(15)18/h3-10,18,27H,11-13H2,1-2H3,(H,24,29). The second-order valence-electron chi connectivity index (χ2n) is 7.17. The van der Waals surface area contributed by atoms with E-state index >= 15 is 0 Å². The number of fused-ring (bicyclic) bond motifs is 3. The van der Waals surface area contributed by atoms with Crippen LogP contribution in [0.4, 0.5) is 10.6 Å². The number of benzene rings is 2. The fraction of sp³-hybridized carbons (Fsp3) is 0.261. The van der Waals surface area contributed by atoms with E-state index in [9.17, 15) is 9.59 Å². The molecule has 32 heavy (non-hydrogen) atoms. The highest BCUT2D eigenvalue weighted by Gasteiger charge is 2.30. The van der Waals surface area contributed by atoms with Gasteiger partial charge in [0, 0.05) is 13.0 Å². The summed E-state index contributed by atoms with van der Waals surface area (Å²) < 4.78 is 16.9. The molecule has 1 aromatic heterocycles. The van der Waals surface area contributed by atoms with Gasteiger partial charge in [0.15, 0.2) is 11.4 Å². The number of aliphatic hydroxyl groups excluding tert-OH is 1. The first-order chi connectivity index (χ1) is 15.5. The maximum atomic E-state index is 12.6. The molecule has 0 saturated heterocycles. The zero-order valence-electron chi connectivity index (χ0n) is 17.7. The van der Waals surface area contributed by atoms with Crippen molar-refractivity contribution in [1.82, 2.24) is 9.78 Å². The van der Waals surface area contributed by atoms with Crippen LogP contribution in [-0.2, 0) is 16.5 Å². The fourth-order valence-electron chi connectivity index (χ4n) is 3.90. The smallest absolute Gasteiger partial charge is 0.412 e. The molecule has 2 aromatic carbocycles. The van der Waals surface area contributed by atoms with Crippen molar-refractivity contribution in [1.29, 1.82) is 0 Å². The zero-order valence-corrected chi connectivity index (χ0v) is 17.7. The van der Waals surface area contributed by atoms with Gasteiger partial charge >= 0.3 is 12.1 Å². The summed E-state index contributed by atoms with van der Waals surface area (Å²) in [6.07, 6.45) is -0.742. The molecule has 0 spiro atoms. The molecule has 9 heteroatoms. The summed E-state index contributed by atoms with van der Waals surface area (Å²) in [5.74, 6) is -0.812. The van der Waals surface area contributed by atoms with Gasteiger partial charge in [0.1, 0.15) is 13.2 Å². The number of hydrogen-bond acceptors (Lipinski definition) is 7. The van der Waals surface area contributed by atoms with Crippen LogP contribution in [-0.4, -0.2) is 53.9 Å². The predicted octanol–water partition coefficient (Wildman–Crippen LogP) is 2.94. The second kappa shape index (κ2) is 9.11. The molecule has 0 unspecified atom stereocenters. The molecule has 0 saturated carbocycles. The number of methoxy groups -OCH3 is 1. The molecule has 1 amide bonds. The van der Waals surface area contributed by atoms with Crippen LogP contribution in [0.3, 0.4) is 0 Å². The molecule has 9 nitrogen and oxygen atoms in total. The SMILES string of the molecule is COC(=O)c1c(OCCO)nn(C)c1NC(=O)OCC1c2ccccc2-c2ccccc21. The molecular weight excluding hydrogens is 414 g/mol. The van der Waals surface area contributed by atoms with Crippen LogP contribution in [0.2, 0.25) is 0 Å². The Morgan fingerprint density at radius 1 is 1.09 bits per heavy atom. The van der Waals surface area contributed by atoms with Crippen LogP contribution in [0.25, 0.3) is 11.1 Å². The lowest BCUT2D eigenvalue weighted by atomic mass is 9.98. The van der Waals surface area contributed by atoms with Crippen molar-refractivity contribution in [2.75, 3.05) is 32.2 Å². The monoisotopic (exact) mass is 437 g/mol. The first-order valence-corrected chi connectivity index (χ1v) is 10.1. The Labute approximate surface area is 184 Å². The minimum atomic E-state index is -0.742. The van der Waals surface area contributed by atoms with E-state index in [-0.39, 0.29) is 43.0 Å². The molecule has 1 heterocycles. The van der Waals surface area contributed by atoms with Crippen molar-refractivity contribution in [3.63, 3.8) is 0 Å². The van der Waals surface area contributed by atoms with E-state index in [1.165, 1.54) is 18.8 Å². The van der Waals surface area contributed by atoms with E-state index in [0.717, 1.165) is 22.3 Å². The zero-order chi connectivity index (χ0) is 22.7. The Balaban J connectivity index is 1.52. The molecule has 0 bridgehead atoms. The van der Waals surface area contributed by atoms with Crippen LogP contribution in [0.15, 0.2) is 48.5 Å². The minimum absolute atomic E-state index is 0.0534. The number of carbonyl (C=O) groups is 2. The molecule has 166 valence electrons. The third-order valence-corrected chi connectivity index (χ3v) is 5.30. The van der Waals surface area contributed by atoms with Crippen molar-refractivity contribution in [3.05, 3.63) is 65.2 Å². The molecule has 4 rings (SSSR count). The van der Waals surface area contributed by atoms with Crippen LogP contribution in [0.1, 0.15) is 27.4 Å². The lowest BCUT2D eigenvalue weighted by Gasteiger charge is -2.15. The lowest BCUT2D eigenvalue weighted by Crippen LogP contribution is -2.21. The number of esters is 1. The van der Waals surface area contributed by atoms with Crippen LogP contribution >= 0.6 is 0 Å². The van der Waals surface area contributed by atoms with Gasteiger partial charge in [-0.05, 0) is 22.3 Å². The number of aliphatic hydroxyl groups is 1. The van der Waals surface area contributed by atoms with Gasteiger partial charge in [0.2, 0.25) is 5.88 Å². The Morgan fingerprint density at radius 2 is 1.72 bits per heavy atom. The molecule has 0 atom stereocenters. The number of ether oxygens (including phenoxy) is 3. The first-order valence-electron chi connectivity index (χ1n) is 10.1. The van der Waals surface area contributed by atoms with E-state index in [1.54, 1.807) is 0 Å². The van der Waals surface area contributed by atoms with E-state index < -0.39 is 12.1 Å². The number of nitrogens with one attached hydrogen (secondary N) is 1. The third-order valence-electron chi connectivity index (χ3n) is 5.30. The highest BCUT2D eigenvalue weighted by molar-refractivity contribution is 6.00. The fourth-order valence-corrected chi connectivity index (χ4v) is 3.90. The van der Waals surface area contributed by atoms with Gasteiger partial charge in [-0.2, -0.15) is 0 Å². The summed E-state index contributed by atoms with van der Waals surface area (Å²) in [5, 5.41) is 15.6. The number of rotatable bonds is 7. The van der Waals surface area contributed by atoms with E-state index in [1.807, 2.05) is 36.4 Å². The normalized spacial score (nSPS) is 12.1. The Hall–Kier alpha value is -3.85. The highest BCUT2D eigenvalue weighted by atomic mass is 16.6. The van der Waals surface area contributed by atoms with E-state index in [2.05, 4.69) is 22.5 Å². The number of carbonyl (C=O) groups excluding carboxylic acids is 2. The molecule has 1 aliphatic carbocycles. The summed E-state index contributed by atoms with van der Waals surface area (Å²) >= 11 is 0. The van der Waals surface area contributed by atoms with Gasteiger partial charge in [0.05, 0.1) is 13.7 Å². The quantitative estimate of drug-likeness (QED) is 0.547. The average molecular weight is 437 g/mol. The molecule has 3 aromatic rings. The van der Waals surface area contributed by atoms with Gasteiger partial charge in [0.25, 0.3) is 0 Å². The van der Waals surface area contributed by atoms with Crippen LogP contribution in [0, 0.1) is 0 Å². The summed E-state index contributed by atoms with van der Waals surface area (Å²) in [6, 6.07) is 16.1. The third kappa shape index (κ3) is 3.90. The summed E-state index contributed by atoms with van der Waals surface area (Å²) in [4.78, 5) is 24.9. The van der Waals surface area contributed by atoms with Gasteiger partial charge in [-0.1, -0.05) is 48.5 Å². The second-order valence-corrected chi connectivity index (χ2v) is 7.17. The summed E-state index contributed by atoms with van der Waals surface area (Å²) in [7, 11) is 2.75. The van der Waals surface area contributed by atoms with Crippen LogP contribution < -0.4 is 10.1 Å². The maximum Gasteiger partial charge on any atom is 0.412 e. The summed E-state index contributed by atoms with van der Waals surface area (Å²) in [5.41, 5.74) is 4.38. The topological polar surface area (TPSA) is 112 Å². The summed E-state index contributed by atoms with van der Waals surface area (Å²) in [6.45, 7) is -0.198. The number of anilines is 1. The molecular formula is C23H23N3O6. The van der Waals surface area contributed by atoms with E-state index in [4.69, 9.17) is 19.3 Å². The molecule has 0 aliphatic heterocycles. The average Bonchev–Trinajstić information content (AvgIpc) is 3.30. The predicted molar refractivity (Wildman–Crippen MR) is 116 cm³/mol. The van der Waals surface area contributed by atoms with Crippen molar-refractivity contribution < 1.29 is 28.9 Å².